The Bertz CT molecular complexity index is 562. The van der Waals surface area contributed by atoms with Gasteiger partial charge in [-0.2, -0.15) is 5.10 Å². The molecule has 5 heteroatoms. The zero-order valence-electron chi connectivity index (χ0n) is 11.3. The van der Waals surface area contributed by atoms with Crippen molar-refractivity contribution < 1.29 is 4.79 Å². The lowest BCUT2D eigenvalue weighted by Crippen LogP contribution is -2.22. The highest BCUT2D eigenvalue weighted by molar-refractivity contribution is 5.75. The molecule has 0 spiro atoms. The van der Waals surface area contributed by atoms with Crippen LogP contribution in [0.4, 0.5) is 0 Å². The number of rotatable bonds is 5. The number of nitrogens with one attached hydrogen (secondary N) is 1. The fourth-order valence-electron chi connectivity index (χ4n) is 1.83. The summed E-state index contributed by atoms with van der Waals surface area (Å²) in [6.45, 7) is 2.50. The molecule has 0 aliphatic heterocycles. The number of carbonyl (C=O) groups is 1. The van der Waals surface area contributed by atoms with Crippen molar-refractivity contribution in [3.63, 3.8) is 0 Å². The SMILES string of the molecule is CCCC(=O)NCc1cncc(-c2cnn(C)c2)c1. The lowest BCUT2D eigenvalue weighted by atomic mass is 10.1. The summed E-state index contributed by atoms with van der Waals surface area (Å²) in [5.41, 5.74) is 3.03. The van der Waals surface area contributed by atoms with Crippen LogP contribution in [-0.4, -0.2) is 20.7 Å². The van der Waals surface area contributed by atoms with Gasteiger partial charge in [0, 0.05) is 49.7 Å². The Morgan fingerprint density at radius 1 is 1.32 bits per heavy atom. The van der Waals surface area contributed by atoms with Crippen LogP contribution in [0.5, 0.6) is 0 Å². The number of carbonyl (C=O) groups excluding carboxylic acids is 1. The number of aryl methyl sites for hydroxylation is 1. The molecule has 0 aliphatic carbocycles. The number of nitrogens with zero attached hydrogens (tertiary/aromatic N) is 3. The van der Waals surface area contributed by atoms with E-state index in [2.05, 4.69) is 15.4 Å². The third-order valence-corrected chi connectivity index (χ3v) is 2.80. The first-order valence-electron chi connectivity index (χ1n) is 6.38. The molecule has 0 atom stereocenters. The van der Waals surface area contributed by atoms with Gasteiger partial charge in [-0.15, -0.1) is 0 Å². The molecule has 0 radical (unpaired) electrons. The molecule has 100 valence electrons. The number of hydrogen-bond donors (Lipinski definition) is 1. The van der Waals surface area contributed by atoms with Crippen LogP contribution in [0, 0.1) is 0 Å². The highest BCUT2D eigenvalue weighted by Gasteiger charge is 2.04. The molecule has 0 saturated heterocycles. The minimum Gasteiger partial charge on any atom is -0.352 e. The highest BCUT2D eigenvalue weighted by Crippen LogP contribution is 2.18. The second-order valence-electron chi connectivity index (χ2n) is 4.51. The average Bonchev–Trinajstić information content (AvgIpc) is 2.84. The van der Waals surface area contributed by atoms with Gasteiger partial charge in [0.25, 0.3) is 0 Å². The molecule has 19 heavy (non-hydrogen) atoms. The molecule has 1 N–H and O–H groups in total. The number of amides is 1. The Kier molecular flexibility index (Phi) is 4.28. The van der Waals surface area contributed by atoms with Crippen LogP contribution in [0.2, 0.25) is 0 Å². The van der Waals surface area contributed by atoms with E-state index in [1.54, 1.807) is 23.3 Å². The molecular formula is C14H18N4O. The van der Waals surface area contributed by atoms with Gasteiger partial charge < -0.3 is 5.32 Å². The van der Waals surface area contributed by atoms with E-state index in [1.807, 2.05) is 26.2 Å². The molecule has 0 aromatic carbocycles. The molecule has 0 bridgehead atoms. The van der Waals surface area contributed by atoms with Gasteiger partial charge in [-0.25, -0.2) is 0 Å². The lowest BCUT2D eigenvalue weighted by Gasteiger charge is -2.05. The van der Waals surface area contributed by atoms with Crippen molar-refractivity contribution in [1.82, 2.24) is 20.1 Å². The van der Waals surface area contributed by atoms with Gasteiger partial charge in [-0.1, -0.05) is 6.92 Å². The number of hydrogen-bond acceptors (Lipinski definition) is 3. The van der Waals surface area contributed by atoms with Crippen LogP contribution in [-0.2, 0) is 18.4 Å². The van der Waals surface area contributed by atoms with Crippen molar-refractivity contribution in [1.29, 1.82) is 0 Å². The first-order valence-corrected chi connectivity index (χ1v) is 6.38. The first-order chi connectivity index (χ1) is 9.19. The summed E-state index contributed by atoms with van der Waals surface area (Å²) in [4.78, 5) is 15.6. The Hall–Kier alpha value is -2.17. The van der Waals surface area contributed by atoms with E-state index < -0.39 is 0 Å². The van der Waals surface area contributed by atoms with Crippen LogP contribution in [0.15, 0.2) is 30.9 Å². The van der Waals surface area contributed by atoms with Crippen LogP contribution < -0.4 is 5.32 Å². The van der Waals surface area contributed by atoms with Gasteiger partial charge in [0.1, 0.15) is 0 Å². The maximum Gasteiger partial charge on any atom is 0.220 e. The third kappa shape index (κ3) is 3.64. The standard InChI is InChI=1S/C14H18N4O/c1-3-4-14(19)16-7-11-5-12(8-15-6-11)13-9-17-18(2)10-13/h5-6,8-10H,3-4,7H2,1-2H3,(H,16,19). The van der Waals surface area contributed by atoms with E-state index in [4.69, 9.17) is 0 Å². The molecule has 0 fully saturated rings. The molecule has 2 rings (SSSR count). The Morgan fingerprint density at radius 3 is 2.84 bits per heavy atom. The minimum atomic E-state index is 0.0780. The predicted octanol–water partition coefficient (Wildman–Crippen LogP) is 1.90. The van der Waals surface area contributed by atoms with Crippen LogP contribution >= 0.6 is 0 Å². The minimum absolute atomic E-state index is 0.0780. The molecule has 2 heterocycles. The largest absolute Gasteiger partial charge is 0.352 e. The Balaban J connectivity index is 2.05. The van der Waals surface area contributed by atoms with Crippen molar-refractivity contribution in [3.05, 3.63) is 36.4 Å². The van der Waals surface area contributed by atoms with Crippen LogP contribution in [0.25, 0.3) is 11.1 Å². The zero-order chi connectivity index (χ0) is 13.7. The van der Waals surface area contributed by atoms with Crippen molar-refractivity contribution in [2.45, 2.75) is 26.3 Å². The quantitative estimate of drug-likeness (QED) is 0.891. The fraction of sp³-hybridized carbons (Fsp3) is 0.357. The Morgan fingerprint density at radius 2 is 2.16 bits per heavy atom. The summed E-state index contributed by atoms with van der Waals surface area (Å²) in [5.74, 6) is 0.0780. The molecule has 0 aliphatic rings. The van der Waals surface area contributed by atoms with E-state index >= 15 is 0 Å². The maximum atomic E-state index is 11.4. The van der Waals surface area contributed by atoms with Gasteiger partial charge in [-0.05, 0) is 18.1 Å². The topological polar surface area (TPSA) is 59.8 Å². The summed E-state index contributed by atoms with van der Waals surface area (Å²) >= 11 is 0. The van der Waals surface area contributed by atoms with E-state index in [0.717, 1.165) is 23.1 Å². The van der Waals surface area contributed by atoms with E-state index in [9.17, 15) is 4.79 Å². The second-order valence-corrected chi connectivity index (χ2v) is 4.51. The predicted molar refractivity (Wildman–Crippen MR) is 73.2 cm³/mol. The van der Waals surface area contributed by atoms with Crippen LogP contribution in [0.1, 0.15) is 25.3 Å². The maximum absolute atomic E-state index is 11.4. The number of pyridine rings is 1. The van der Waals surface area contributed by atoms with Gasteiger partial charge in [0.2, 0.25) is 5.91 Å². The van der Waals surface area contributed by atoms with Crippen molar-refractivity contribution in [2.24, 2.45) is 7.05 Å². The first kappa shape index (κ1) is 13.3. The molecule has 0 unspecified atom stereocenters. The molecular weight excluding hydrogens is 240 g/mol. The summed E-state index contributed by atoms with van der Waals surface area (Å²) in [6, 6.07) is 2.02. The second kappa shape index (κ2) is 6.13. The fourth-order valence-corrected chi connectivity index (χ4v) is 1.83. The van der Waals surface area contributed by atoms with E-state index in [0.29, 0.717) is 13.0 Å². The summed E-state index contributed by atoms with van der Waals surface area (Å²) in [7, 11) is 1.88. The third-order valence-electron chi connectivity index (χ3n) is 2.80. The zero-order valence-corrected chi connectivity index (χ0v) is 11.3. The molecule has 2 aromatic rings. The smallest absolute Gasteiger partial charge is 0.220 e. The molecule has 2 aromatic heterocycles. The molecule has 1 amide bonds. The van der Waals surface area contributed by atoms with Crippen molar-refractivity contribution >= 4 is 5.91 Å². The normalized spacial score (nSPS) is 10.4. The molecule has 0 saturated carbocycles. The van der Waals surface area contributed by atoms with Gasteiger partial charge >= 0.3 is 0 Å². The van der Waals surface area contributed by atoms with Gasteiger partial charge in [-0.3, -0.25) is 14.5 Å². The molecule has 5 nitrogen and oxygen atoms in total. The highest BCUT2D eigenvalue weighted by atomic mass is 16.1. The van der Waals surface area contributed by atoms with Gasteiger partial charge in [0.05, 0.1) is 6.20 Å². The van der Waals surface area contributed by atoms with Gasteiger partial charge in [0.15, 0.2) is 0 Å². The average molecular weight is 258 g/mol. The van der Waals surface area contributed by atoms with Crippen molar-refractivity contribution in [3.8, 4) is 11.1 Å². The number of aromatic nitrogens is 3. The van der Waals surface area contributed by atoms with Crippen molar-refractivity contribution in [2.75, 3.05) is 0 Å². The Labute approximate surface area is 112 Å². The monoisotopic (exact) mass is 258 g/mol. The summed E-state index contributed by atoms with van der Waals surface area (Å²) < 4.78 is 1.75. The van der Waals surface area contributed by atoms with E-state index in [1.165, 1.54) is 0 Å². The van der Waals surface area contributed by atoms with E-state index in [-0.39, 0.29) is 5.91 Å². The lowest BCUT2D eigenvalue weighted by molar-refractivity contribution is -0.121. The summed E-state index contributed by atoms with van der Waals surface area (Å²) in [5, 5.41) is 7.02. The van der Waals surface area contributed by atoms with Crippen LogP contribution in [0.3, 0.4) is 0 Å². The summed E-state index contributed by atoms with van der Waals surface area (Å²) in [6.07, 6.45) is 8.74.